The van der Waals surface area contributed by atoms with Crippen LogP contribution < -0.4 is 5.32 Å². The first kappa shape index (κ1) is 17.1. The van der Waals surface area contributed by atoms with Crippen molar-refractivity contribution in [2.24, 2.45) is 5.92 Å². The molecule has 1 heterocycles. The number of halogens is 3. The molecule has 0 spiro atoms. The molecule has 116 valence electrons. The van der Waals surface area contributed by atoms with Crippen LogP contribution >= 0.6 is 39.1 Å². The average molecular weight is 395 g/mol. The van der Waals surface area contributed by atoms with Crippen molar-refractivity contribution in [3.63, 3.8) is 0 Å². The Bertz CT molecular complexity index is 519. The molecule has 0 saturated carbocycles. The number of hydrogen-bond donors (Lipinski definition) is 1. The molecule has 0 unspecified atom stereocenters. The van der Waals surface area contributed by atoms with Crippen molar-refractivity contribution in [3.05, 3.63) is 32.2 Å². The quantitative estimate of drug-likeness (QED) is 0.755. The van der Waals surface area contributed by atoms with E-state index in [2.05, 4.69) is 21.2 Å². The molecule has 1 fully saturated rings. The second-order valence-electron chi connectivity index (χ2n) is 5.76. The van der Waals surface area contributed by atoms with Gasteiger partial charge in [-0.3, -0.25) is 0 Å². The second kappa shape index (κ2) is 6.86. The Morgan fingerprint density at radius 1 is 1.29 bits per heavy atom. The Morgan fingerprint density at radius 3 is 2.33 bits per heavy atom. The van der Waals surface area contributed by atoms with Gasteiger partial charge in [-0.05, 0) is 51.9 Å². The molecule has 1 saturated heterocycles. The van der Waals surface area contributed by atoms with Crippen LogP contribution in [0.2, 0.25) is 10.0 Å². The van der Waals surface area contributed by atoms with E-state index in [0.29, 0.717) is 16.0 Å². The molecular weight excluding hydrogens is 377 g/mol. The number of rotatable bonds is 3. The van der Waals surface area contributed by atoms with Crippen LogP contribution in [-0.4, -0.2) is 24.7 Å². The summed E-state index contributed by atoms with van der Waals surface area (Å²) in [5, 5.41) is 3.89. The lowest BCUT2D eigenvalue weighted by Gasteiger charge is -2.36. The van der Waals surface area contributed by atoms with Crippen molar-refractivity contribution >= 4 is 45.1 Å². The highest BCUT2D eigenvalue weighted by Crippen LogP contribution is 2.34. The SMILES string of the molecule is CC(C)(OC(=O)c1c(Cl)cc(Br)cc1Cl)C1CCNCC1. The number of carbonyl (C=O) groups excluding carboxylic acids is 1. The molecule has 0 radical (unpaired) electrons. The fourth-order valence-electron chi connectivity index (χ4n) is 2.63. The monoisotopic (exact) mass is 393 g/mol. The third-order valence-corrected chi connectivity index (χ3v) is 4.94. The van der Waals surface area contributed by atoms with Gasteiger partial charge in [0.05, 0.1) is 15.6 Å². The van der Waals surface area contributed by atoms with Gasteiger partial charge in [-0.1, -0.05) is 39.1 Å². The largest absolute Gasteiger partial charge is 0.456 e. The minimum atomic E-state index is -0.543. The number of benzene rings is 1. The zero-order valence-corrected chi connectivity index (χ0v) is 15.1. The van der Waals surface area contributed by atoms with Crippen LogP contribution in [-0.2, 0) is 4.74 Å². The number of piperidine rings is 1. The maximum Gasteiger partial charge on any atom is 0.341 e. The number of nitrogens with one attached hydrogen (secondary N) is 1. The minimum absolute atomic E-state index is 0.226. The summed E-state index contributed by atoms with van der Waals surface area (Å²) < 4.78 is 6.44. The molecule has 0 bridgehead atoms. The van der Waals surface area contributed by atoms with E-state index >= 15 is 0 Å². The van der Waals surface area contributed by atoms with Gasteiger partial charge in [0, 0.05) is 10.4 Å². The van der Waals surface area contributed by atoms with Gasteiger partial charge in [-0.25, -0.2) is 4.79 Å². The van der Waals surface area contributed by atoms with Crippen LogP contribution in [0.15, 0.2) is 16.6 Å². The van der Waals surface area contributed by atoms with Crippen molar-refractivity contribution in [1.29, 1.82) is 0 Å². The molecule has 21 heavy (non-hydrogen) atoms. The molecule has 0 aromatic heterocycles. The molecule has 6 heteroatoms. The van der Waals surface area contributed by atoms with E-state index < -0.39 is 11.6 Å². The smallest absolute Gasteiger partial charge is 0.341 e. The first-order valence-corrected chi connectivity index (χ1v) is 8.45. The van der Waals surface area contributed by atoms with Gasteiger partial charge in [0.2, 0.25) is 0 Å². The Morgan fingerprint density at radius 2 is 1.81 bits per heavy atom. The number of hydrogen-bond acceptors (Lipinski definition) is 3. The van der Waals surface area contributed by atoms with E-state index in [1.54, 1.807) is 12.1 Å². The fourth-order valence-corrected chi connectivity index (χ4v) is 3.99. The maximum atomic E-state index is 12.4. The molecule has 1 aromatic carbocycles. The topological polar surface area (TPSA) is 38.3 Å². The van der Waals surface area contributed by atoms with E-state index in [1.165, 1.54) is 0 Å². The van der Waals surface area contributed by atoms with Gasteiger partial charge in [0.1, 0.15) is 5.60 Å². The molecule has 1 N–H and O–H groups in total. The third kappa shape index (κ3) is 4.13. The Hall–Kier alpha value is -0.290. The van der Waals surface area contributed by atoms with Gasteiger partial charge in [-0.15, -0.1) is 0 Å². The Kier molecular flexibility index (Phi) is 5.58. The van der Waals surface area contributed by atoms with Crippen LogP contribution in [0.4, 0.5) is 0 Å². The van der Waals surface area contributed by atoms with Crippen molar-refractivity contribution in [3.8, 4) is 0 Å². The lowest BCUT2D eigenvalue weighted by molar-refractivity contribution is -0.0367. The summed E-state index contributed by atoms with van der Waals surface area (Å²) >= 11 is 15.5. The first-order valence-electron chi connectivity index (χ1n) is 6.90. The molecule has 0 amide bonds. The number of ether oxygens (including phenoxy) is 1. The molecule has 0 aliphatic carbocycles. The van der Waals surface area contributed by atoms with E-state index in [0.717, 1.165) is 30.4 Å². The summed E-state index contributed by atoms with van der Waals surface area (Å²) in [4.78, 5) is 12.4. The fraction of sp³-hybridized carbons (Fsp3) is 0.533. The van der Waals surface area contributed by atoms with Crippen LogP contribution in [0, 0.1) is 5.92 Å². The summed E-state index contributed by atoms with van der Waals surface area (Å²) in [5.74, 6) is -0.142. The predicted octanol–water partition coefficient (Wildman–Crippen LogP) is 4.69. The highest BCUT2D eigenvalue weighted by molar-refractivity contribution is 9.10. The van der Waals surface area contributed by atoms with Gasteiger partial charge in [0.25, 0.3) is 0 Å². The Balaban J connectivity index is 2.17. The second-order valence-corrected chi connectivity index (χ2v) is 7.49. The lowest BCUT2D eigenvalue weighted by atomic mass is 9.83. The Labute approximate surface area is 143 Å². The summed E-state index contributed by atoms with van der Waals surface area (Å²) in [6.07, 6.45) is 1.98. The maximum absolute atomic E-state index is 12.4. The first-order chi connectivity index (χ1) is 9.81. The van der Waals surface area contributed by atoms with E-state index in [9.17, 15) is 4.79 Å². The summed E-state index contributed by atoms with van der Waals surface area (Å²) in [5.41, 5.74) is -0.317. The molecular formula is C15H18BrCl2NO2. The standard InChI is InChI=1S/C15H18BrCl2NO2/c1-15(2,9-3-5-19-6-4-9)21-14(20)13-11(17)7-10(16)8-12(13)18/h7-9,19H,3-6H2,1-2H3. The number of carbonyl (C=O) groups is 1. The highest BCUT2D eigenvalue weighted by atomic mass is 79.9. The van der Waals surface area contributed by atoms with E-state index in [4.69, 9.17) is 27.9 Å². The lowest BCUT2D eigenvalue weighted by Crippen LogP contribution is -2.42. The molecule has 1 aliphatic heterocycles. The summed E-state index contributed by atoms with van der Waals surface area (Å²) in [6, 6.07) is 3.28. The van der Waals surface area contributed by atoms with Crippen LogP contribution in [0.1, 0.15) is 37.0 Å². The highest BCUT2D eigenvalue weighted by Gasteiger charge is 2.35. The normalized spacial score (nSPS) is 16.8. The van der Waals surface area contributed by atoms with Crippen LogP contribution in [0.25, 0.3) is 0 Å². The summed E-state index contributed by atoms with van der Waals surface area (Å²) in [7, 11) is 0. The van der Waals surface area contributed by atoms with Gasteiger partial charge in [0.15, 0.2) is 0 Å². The molecule has 1 aromatic rings. The average Bonchev–Trinajstić information content (AvgIpc) is 2.37. The van der Waals surface area contributed by atoms with Crippen molar-refractivity contribution in [1.82, 2.24) is 5.32 Å². The van der Waals surface area contributed by atoms with Crippen molar-refractivity contribution < 1.29 is 9.53 Å². The van der Waals surface area contributed by atoms with E-state index in [-0.39, 0.29) is 5.56 Å². The summed E-state index contributed by atoms with van der Waals surface area (Å²) in [6.45, 7) is 5.79. The van der Waals surface area contributed by atoms with Crippen LogP contribution in [0.5, 0.6) is 0 Å². The molecule has 0 atom stereocenters. The van der Waals surface area contributed by atoms with Gasteiger partial charge in [-0.2, -0.15) is 0 Å². The van der Waals surface area contributed by atoms with Crippen molar-refractivity contribution in [2.75, 3.05) is 13.1 Å². The molecule has 2 rings (SSSR count). The number of esters is 1. The van der Waals surface area contributed by atoms with Gasteiger partial charge >= 0.3 is 5.97 Å². The third-order valence-electron chi connectivity index (χ3n) is 3.89. The molecule has 1 aliphatic rings. The zero-order valence-electron chi connectivity index (χ0n) is 12.0. The predicted molar refractivity (Wildman–Crippen MR) is 89.3 cm³/mol. The minimum Gasteiger partial charge on any atom is -0.456 e. The van der Waals surface area contributed by atoms with Crippen molar-refractivity contribution in [2.45, 2.75) is 32.3 Å². The molecule has 3 nitrogen and oxygen atoms in total. The van der Waals surface area contributed by atoms with Crippen LogP contribution in [0.3, 0.4) is 0 Å². The van der Waals surface area contributed by atoms with Gasteiger partial charge < -0.3 is 10.1 Å². The zero-order chi connectivity index (χ0) is 15.6. The van der Waals surface area contributed by atoms with E-state index in [1.807, 2.05) is 13.8 Å².